The zero-order valence-electron chi connectivity index (χ0n) is 8.53. The van der Waals surface area contributed by atoms with Crippen LogP contribution in [0.2, 0.25) is 0 Å². The number of carbonyl (C=O) groups is 1. The van der Waals surface area contributed by atoms with Gasteiger partial charge in [0.05, 0.1) is 18.1 Å². The predicted octanol–water partition coefficient (Wildman–Crippen LogP) is 1.59. The lowest BCUT2D eigenvalue weighted by molar-refractivity contribution is 0.101. The van der Waals surface area contributed by atoms with Gasteiger partial charge in [-0.05, 0) is 12.1 Å². The lowest BCUT2D eigenvalue weighted by Crippen LogP contribution is -2.08. The summed E-state index contributed by atoms with van der Waals surface area (Å²) >= 11 is 1.60. The third kappa shape index (κ3) is 3.20. The second-order valence-electron chi connectivity index (χ2n) is 2.97. The fraction of sp³-hybridized carbons (Fsp3) is 0.500. The van der Waals surface area contributed by atoms with E-state index in [1.165, 1.54) is 0 Å². The number of nitrogens with zero attached hydrogens (tertiary/aromatic N) is 1. The summed E-state index contributed by atoms with van der Waals surface area (Å²) in [6, 6.07) is 3.73. The fourth-order valence-electron chi connectivity index (χ4n) is 1.13. The van der Waals surface area contributed by atoms with E-state index in [0.29, 0.717) is 12.4 Å². The highest BCUT2D eigenvalue weighted by Gasteiger charge is 2.07. The van der Waals surface area contributed by atoms with E-state index in [2.05, 4.69) is 0 Å². The number of aromatic nitrogens is 1. The minimum Gasteiger partial charge on any atom is -0.384 e. The van der Waals surface area contributed by atoms with Gasteiger partial charge >= 0.3 is 0 Å². The molecule has 1 aromatic rings. The topological polar surface area (TPSA) is 31.2 Å². The first kappa shape index (κ1) is 11.3. The summed E-state index contributed by atoms with van der Waals surface area (Å²) in [5.41, 5.74) is 0.773. The van der Waals surface area contributed by atoms with Crippen LogP contribution in [0, 0.1) is 0 Å². The molecule has 0 spiro atoms. The molecular formula is C10H15NO2S. The van der Waals surface area contributed by atoms with Gasteiger partial charge in [-0.15, -0.1) is 0 Å². The first-order valence-corrected chi connectivity index (χ1v) is 5.62. The zero-order chi connectivity index (χ0) is 10.4. The standard InChI is InChI=1S/C10H15NO2S/c1-11-5-3-4-9(11)10(12)8-14-7-6-13-2/h3-5H,6-8H2,1-2H3. The normalized spacial score (nSPS) is 10.4. The van der Waals surface area contributed by atoms with E-state index in [4.69, 9.17) is 4.74 Å². The van der Waals surface area contributed by atoms with Crippen LogP contribution in [-0.4, -0.2) is 35.6 Å². The number of hydrogen-bond donors (Lipinski definition) is 0. The van der Waals surface area contributed by atoms with Gasteiger partial charge in [0.2, 0.25) is 0 Å². The average Bonchev–Trinajstić information content (AvgIpc) is 2.59. The average molecular weight is 213 g/mol. The summed E-state index contributed by atoms with van der Waals surface area (Å²) in [4.78, 5) is 11.6. The number of ether oxygens (including phenoxy) is 1. The molecule has 0 N–H and O–H groups in total. The maximum atomic E-state index is 11.6. The number of Topliss-reactive ketones (excluding diaryl/α,β-unsaturated/α-hetero) is 1. The smallest absolute Gasteiger partial charge is 0.189 e. The maximum Gasteiger partial charge on any atom is 0.189 e. The summed E-state index contributed by atoms with van der Waals surface area (Å²) in [6.45, 7) is 0.699. The van der Waals surface area contributed by atoms with Crippen molar-refractivity contribution in [2.45, 2.75) is 0 Å². The van der Waals surface area contributed by atoms with Crippen LogP contribution in [0.4, 0.5) is 0 Å². The third-order valence-electron chi connectivity index (χ3n) is 1.89. The van der Waals surface area contributed by atoms with Crippen LogP contribution in [-0.2, 0) is 11.8 Å². The second kappa shape index (κ2) is 5.88. The number of carbonyl (C=O) groups excluding carboxylic acids is 1. The number of aryl methyl sites for hydroxylation is 1. The van der Waals surface area contributed by atoms with E-state index in [9.17, 15) is 4.79 Å². The highest BCUT2D eigenvalue weighted by molar-refractivity contribution is 8.00. The molecule has 4 heteroatoms. The van der Waals surface area contributed by atoms with E-state index < -0.39 is 0 Å². The fourth-order valence-corrected chi connectivity index (χ4v) is 1.89. The van der Waals surface area contributed by atoms with E-state index in [-0.39, 0.29) is 5.78 Å². The maximum absolute atomic E-state index is 11.6. The summed E-state index contributed by atoms with van der Waals surface area (Å²) in [6.07, 6.45) is 1.88. The predicted molar refractivity (Wildman–Crippen MR) is 58.9 cm³/mol. The van der Waals surface area contributed by atoms with Gasteiger partial charge in [-0.2, -0.15) is 11.8 Å². The molecule has 0 radical (unpaired) electrons. The molecule has 0 aliphatic rings. The Morgan fingerprint density at radius 2 is 2.43 bits per heavy atom. The Kier molecular flexibility index (Phi) is 4.76. The van der Waals surface area contributed by atoms with Gasteiger partial charge in [0.1, 0.15) is 0 Å². The lowest BCUT2D eigenvalue weighted by atomic mass is 10.3. The quantitative estimate of drug-likeness (QED) is 0.531. The molecule has 0 aliphatic heterocycles. The lowest BCUT2D eigenvalue weighted by Gasteiger charge is -2.02. The molecule has 1 aromatic heterocycles. The van der Waals surface area contributed by atoms with Crippen molar-refractivity contribution in [1.82, 2.24) is 4.57 Å². The summed E-state index contributed by atoms with van der Waals surface area (Å²) in [7, 11) is 3.55. The van der Waals surface area contributed by atoms with Crippen molar-refractivity contribution in [3.05, 3.63) is 24.0 Å². The largest absolute Gasteiger partial charge is 0.384 e. The van der Waals surface area contributed by atoms with Crippen molar-refractivity contribution >= 4 is 17.5 Å². The Balaban J connectivity index is 2.32. The van der Waals surface area contributed by atoms with Crippen LogP contribution in [0.3, 0.4) is 0 Å². The van der Waals surface area contributed by atoms with Gasteiger partial charge in [0.15, 0.2) is 5.78 Å². The van der Waals surface area contributed by atoms with Gasteiger partial charge in [-0.1, -0.05) is 0 Å². The molecule has 0 aliphatic carbocycles. The molecule has 1 rings (SSSR count). The Hall–Kier alpha value is -0.740. The highest BCUT2D eigenvalue weighted by Crippen LogP contribution is 2.07. The van der Waals surface area contributed by atoms with Crippen molar-refractivity contribution in [2.24, 2.45) is 7.05 Å². The van der Waals surface area contributed by atoms with Crippen LogP contribution in [0.1, 0.15) is 10.5 Å². The molecule has 0 saturated carbocycles. The highest BCUT2D eigenvalue weighted by atomic mass is 32.2. The van der Waals surface area contributed by atoms with Crippen LogP contribution >= 0.6 is 11.8 Å². The van der Waals surface area contributed by atoms with Gasteiger partial charge in [0.25, 0.3) is 0 Å². The molecule has 78 valence electrons. The Bertz CT molecular complexity index is 296. The SMILES string of the molecule is COCCSCC(=O)c1cccn1C. The van der Waals surface area contributed by atoms with Crippen LogP contribution < -0.4 is 0 Å². The second-order valence-corrected chi connectivity index (χ2v) is 4.08. The van der Waals surface area contributed by atoms with Crippen molar-refractivity contribution in [2.75, 3.05) is 25.2 Å². The molecule has 0 fully saturated rings. The van der Waals surface area contributed by atoms with Crippen LogP contribution in [0.25, 0.3) is 0 Å². The molecule has 0 atom stereocenters. The molecule has 14 heavy (non-hydrogen) atoms. The number of ketones is 1. The summed E-state index contributed by atoms with van der Waals surface area (Å²) < 4.78 is 6.75. The number of methoxy groups -OCH3 is 1. The van der Waals surface area contributed by atoms with Gasteiger partial charge in [0, 0.05) is 26.1 Å². The first-order chi connectivity index (χ1) is 6.75. The molecule has 1 heterocycles. The molecular weight excluding hydrogens is 198 g/mol. The molecule has 0 amide bonds. The van der Waals surface area contributed by atoms with Gasteiger partial charge < -0.3 is 9.30 Å². The van der Waals surface area contributed by atoms with E-state index in [1.807, 2.05) is 29.9 Å². The van der Waals surface area contributed by atoms with E-state index in [1.54, 1.807) is 18.9 Å². The number of rotatable bonds is 6. The molecule has 0 bridgehead atoms. The van der Waals surface area contributed by atoms with E-state index in [0.717, 1.165) is 11.4 Å². The summed E-state index contributed by atoms with van der Waals surface area (Å²) in [5, 5.41) is 0. The monoisotopic (exact) mass is 213 g/mol. The number of hydrogen-bond acceptors (Lipinski definition) is 3. The molecule has 0 aromatic carbocycles. The minimum absolute atomic E-state index is 0.179. The van der Waals surface area contributed by atoms with Crippen molar-refractivity contribution in [1.29, 1.82) is 0 Å². The number of thioether (sulfide) groups is 1. The molecule has 3 nitrogen and oxygen atoms in total. The minimum atomic E-state index is 0.179. The Labute approximate surface area is 88.4 Å². The third-order valence-corrected chi connectivity index (χ3v) is 2.82. The van der Waals surface area contributed by atoms with Gasteiger partial charge in [-0.3, -0.25) is 4.79 Å². The zero-order valence-corrected chi connectivity index (χ0v) is 9.34. The molecule has 0 saturated heterocycles. The van der Waals surface area contributed by atoms with Crippen molar-refractivity contribution in [3.8, 4) is 0 Å². The summed E-state index contributed by atoms with van der Waals surface area (Å²) in [5.74, 6) is 1.58. The van der Waals surface area contributed by atoms with Gasteiger partial charge in [-0.25, -0.2) is 0 Å². The van der Waals surface area contributed by atoms with Crippen LogP contribution in [0.15, 0.2) is 18.3 Å². The van der Waals surface area contributed by atoms with Crippen molar-refractivity contribution in [3.63, 3.8) is 0 Å². The Morgan fingerprint density at radius 3 is 3.00 bits per heavy atom. The van der Waals surface area contributed by atoms with Crippen molar-refractivity contribution < 1.29 is 9.53 Å². The Morgan fingerprint density at radius 1 is 1.64 bits per heavy atom. The van der Waals surface area contributed by atoms with Crippen LogP contribution in [0.5, 0.6) is 0 Å². The van der Waals surface area contributed by atoms with E-state index >= 15 is 0 Å². The first-order valence-electron chi connectivity index (χ1n) is 4.47. The molecule has 0 unspecified atom stereocenters.